The molecule has 0 bridgehead atoms. The molecule has 12 nitrogen and oxygen atoms in total. The van der Waals surface area contributed by atoms with Gasteiger partial charge < -0.3 is 25.3 Å². The van der Waals surface area contributed by atoms with Crippen molar-refractivity contribution >= 4 is 62.4 Å². The van der Waals surface area contributed by atoms with Gasteiger partial charge in [0.1, 0.15) is 22.8 Å². The predicted molar refractivity (Wildman–Crippen MR) is 161 cm³/mol. The number of amides is 2. The van der Waals surface area contributed by atoms with Crippen molar-refractivity contribution in [2.75, 3.05) is 33.1 Å². The Bertz CT molecular complexity index is 1520. The number of hydrogen-bond donors (Lipinski definition) is 6. The quantitative estimate of drug-likeness (QED) is 0.153. The fraction of sp³-hybridized carbons (Fsp3) is 0.517. The number of halogens is 2. The summed E-state index contributed by atoms with van der Waals surface area (Å²) in [5.74, 6) is -7.66. The molecule has 6 N–H and O–H groups in total. The van der Waals surface area contributed by atoms with Gasteiger partial charge in [-0.3, -0.25) is 34.9 Å². The molecule has 0 aliphatic heterocycles. The van der Waals surface area contributed by atoms with Gasteiger partial charge >= 0.3 is 0 Å². The Hall–Kier alpha value is -3.13. The number of nitrogens with one attached hydrogen (secondary N) is 2. The average molecular weight is 682 g/mol. The highest BCUT2D eigenvalue weighted by Gasteiger charge is 2.64. The maximum atomic E-state index is 14.1. The van der Waals surface area contributed by atoms with Crippen LogP contribution < -0.4 is 15.8 Å². The summed E-state index contributed by atoms with van der Waals surface area (Å²) in [4.78, 5) is 56.7. The lowest BCUT2D eigenvalue weighted by molar-refractivity contribution is -0.154. The van der Waals surface area contributed by atoms with Gasteiger partial charge in [-0.05, 0) is 51.3 Å². The van der Waals surface area contributed by atoms with Gasteiger partial charge in [0.05, 0.1) is 22.3 Å². The Balaban J connectivity index is 1.57. The third-order valence-corrected chi connectivity index (χ3v) is 10.5. The molecule has 1 aromatic carbocycles. The van der Waals surface area contributed by atoms with Crippen molar-refractivity contribution in [3.8, 4) is 5.75 Å². The minimum absolute atomic E-state index is 0.0223. The monoisotopic (exact) mass is 680 g/mol. The summed E-state index contributed by atoms with van der Waals surface area (Å²) < 4.78 is -0.366. The number of aliphatic hydroxyl groups is 3. The Morgan fingerprint density at radius 1 is 1.12 bits per heavy atom. The molecule has 43 heavy (non-hydrogen) atoms. The van der Waals surface area contributed by atoms with Gasteiger partial charge in [-0.2, -0.15) is 0 Å². The summed E-state index contributed by atoms with van der Waals surface area (Å²) in [5.41, 5.74) is 1.50. The number of phenolic OH excluding ortho intramolecular Hbond substituents is 1. The van der Waals surface area contributed by atoms with Crippen LogP contribution in [0.3, 0.4) is 0 Å². The number of nitrogens with zero attached hydrogens (tertiary/aromatic N) is 2. The smallest absolute Gasteiger partial charge is 0.276 e. The highest BCUT2D eigenvalue weighted by molar-refractivity contribution is 9.10. The first-order chi connectivity index (χ1) is 20.0. The average Bonchev–Trinajstić information content (AvgIpc) is 2.88. The predicted octanol–water partition coefficient (Wildman–Crippen LogP) is 2.05. The van der Waals surface area contributed by atoms with Crippen molar-refractivity contribution in [3.05, 3.63) is 39.1 Å². The second-order valence-electron chi connectivity index (χ2n) is 12.3. The lowest BCUT2D eigenvalue weighted by Gasteiger charge is -2.50. The molecular weight excluding hydrogens is 648 g/mol. The molecule has 232 valence electrons. The number of carbonyl (C=O) groups excluding carboxylic acids is 4. The van der Waals surface area contributed by atoms with Gasteiger partial charge in [0.2, 0.25) is 11.7 Å². The van der Waals surface area contributed by atoms with Crippen LogP contribution in [0.5, 0.6) is 5.75 Å². The lowest BCUT2D eigenvalue weighted by atomic mass is 9.57. The number of aromatic hydroxyl groups is 1. The fourth-order valence-electron chi connectivity index (χ4n) is 7.00. The Morgan fingerprint density at radius 2 is 1.77 bits per heavy atom. The van der Waals surface area contributed by atoms with Crippen LogP contribution in [0.2, 0.25) is 5.02 Å². The number of rotatable bonds is 5. The van der Waals surface area contributed by atoms with Crippen LogP contribution in [-0.4, -0.2) is 92.9 Å². The van der Waals surface area contributed by atoms with E-state index in [1.54, 1.807) is 33.1 Å². The van der Waals surface area contributed by atoms with Crippen LogP contribution in [0.15, 0.2) is 23.0 Å². The highest BCUT2D eigenvalue weighted by Crippen LogP contribution is 2.54. The normalized spacial score (nSPS) is 27.7. The number of phenols is 1. The molecule has 4 aliphatic carbocycles. The number of aliphatic hydroxyl groups excluding tert-OH is 2. The molecule has 0 aromatic heterocycles. The summed E-state index contributed by atoms with van der Waals surface area (Å²) in [5, 5.41) is 45.6. The van der Waals surface area contributed by atoms with Crippen LogP contribution in [0.25, 0.3) is 5.76 Å². The maximum absolute atomic E-state index is 14.1. The molecular formula is C29H34BrClN4O8. The number of anilines is 1. The number of Topliss-reactive ketones (excluding diaryl/α,β-unsaturated/α-hetero) is 2. The summed E-state index contributed by atoms with van der Waals surface area (Å²) in [7, 11) is 6.57. The zero-order valence-corrected chi connectivity index (χ0v) is 26.5. The molecule has 2 unspecified atom stereocenters. The van der Waals surface area contributed by atoms with Crippen LogP contribution in [0.4, 0.5) is 5.69 Å². The molecule has 14 heteroatoms. The number of likely N-dealkylation sites (N-methyl/N-ethyl adjacent to an activating group) is 1. The van der Waals surface area contributed by atoms with E-state index in [0.29, 0.717) is 11.3 Å². The SMILES string of the molecule is CN(C)c1c(Cl)cc(O)c2c1CC1CC3[C@H](N(C)C)C(=O)C(C(=O)NNC(=O)CC4(Br)CCC4)=C(O)[C@@]3(O)C(=O)C1=C2O. The largest absolute Gasteiger partial charge is 0.508 e. The number of hydrazine groups is 1. The first-order valence-corrected chi connectivity index (χ1v) is 15.0. The van der Waals surface area contributed by atoms with Gasteiger partial charge in [0, 0.05) is 42.4 Å². The summed E-state index contributed by atoms with van der Waals surface area (Å²) in [6.07, 6.45) is 2.72. The maximum Gasteiger partial charge on any atom is 0.276 e. The van der Waals surface area contributed by atoms with E-state index >= 15 is 0 Å². The van der Waals surface area contributed by atoms with Gasteiger partial charge in [-0.15, -0.1) is 0 Å². The van der Waals surface area contributed by atoms with E-state index in [-0.39, 0.29) is 45.5 Å². The van der Waals surface area contributed by atoms with E-state index in [4.69, 9.17) is 11.6 Å². The summed E-state index contributed by atoms with van der Waals surface area (Å²) in [6, 6.07) is 0.0310. The van der Waals surface area contributed by atoms with E-state index in [2.05, 4.69) is 26.8 Å². The van der Waals surface area contributed by atoms with Crippen LogP contribution in [-0.2, 0) is 25.6 Å². The van der Waals surface area contributed by atoms with Crippen LogP contribution in [0.1, 0.15) is 43.2 Å². The van der Waals surface area contributed by atoms with E-state index < -0.39 is 64.0 Å². The number of fused-ring (bicyclic) bond motifs is 3. The molecule has 4 aliphatic rings. The second-order valence-corrected chi connectivity index (χ2v) is 14.3. The summed E-state index contributed by atoms with van der Waals surface area (Å²) in [6.45, 7) is 0. The Morgan fingerprint density at radius 3 is 2.33 bits per heavy atom. The van der Waals surface area contributed by atoms with Crippen LogP contribution in [0, 0.1) is 11.8 Å². The lowest BCUT2D eigenvalue weighted by Crippen LogP contribution is -2.66. The topological polar surface area (TPSA) is 180 Å². The van der Waals surface area contributed by atoms with E-state index in [1.807, 2.05) is 0 Å². The van der Waals surface area contributed by atoms with Crippen molar-refractivity contribution in [1.82, 2.24) is 15.8 Å². The first-order valence-electron chi connectivity index (χ1n) is 13.9. The number of ketones is 2. The standard InChI is InChI=1S/C29H34BrClN4O8/c1-34(2)21-13-8-12-9-14-22(35(3)4)24(39)20(27(42)33-32-17(37)11-28(30)6-5-7-28)26(41)29(14,43)25(40)18(12)23(38)19(13)16(36)10-15(21)31/h10,12,14,22,36,38,41,43H,5-9,11H2,1-4H3,(H,32,37)(H,33,42)/t12?,14?,22-,29-/m0/s1. The molecule has 2 amide bonds. The van der Waals surface area contributed by atoms with Crippen molar-refractivity contribution in [2.24, 2.45) is 11.8 Å². The molecule has 5 rings (SSSR count). The van der Waals surface area contributed by atoms with Crippen molar-refractivity contribution in [1.29, 1.82) is 0 Å². The highest BCUT2D eigenvalue weighted by atomic mass is 79.9. The fourth-order valence-corrected chi connectivity index (χ4v) is 8.20. The number of carbonyl (C=O) groups is 4. The van der Waals surface area contributed by atoms with Crippen LogP contribution >= 0.6 is 27.5 Å². The molecule has 4 atom stereocenters. The minimum Gasteiger partial charge on any atom is -0.508 e. The minimum atomic E-state index is -2.75. The molecule has 1 aromatic rings. The van der Waals surface area contributed by atoms with E-state index in [1.165, 1.54) is 11.0 Å². The zero-order valence-electron chi connectivity index (χ0n) is 24.1. The first kappa shape index (κ1) is 31.3. The third kappa shape index (κ3) is 4.80. The second kappa shape index (κ2) is 10.8. The van der Waals surface area contributed by atoms with Crippen molar-refractivity contribution in [3.63, 3.8) is 0 Å². The summed E-state index contributed by atoms with van der Waals surface area (Å²) >= 11 is 9.92. The third-order valence-electron chi connectivity index (χ3n) is 9.12. The van der Waals surface area contributed by atoms with E-state index in [9.17, 15) is 39.6 Å². The van der Waals surface area contributed by atoms with Crippen molar-refractivity contribution in [2.45, 2.75) is 54.5 Å². The molecule has 0 spiro atoms. The molecule has 0 heterocycles. The zero-order chi connectivity index (χ0) is 31.8. The van der Waals surface area contributed by atoms with Gasteiger partial charge in [0.25, 0.3) is 5.91 Å². The van der Waals surface area contributed by atoms with E-state index in [0.717, 1.165) is 19.3 Å². The van der Waals surface area contributed by atoms with Gasteiger partial charge in [-0.25, -0.2) is 0 Å². The molecule has 2 saturated carbocycles. The molecule has 2 fully saturated rings. The van der Waals surface area contributed by atoms with Gasteiger partial charge in [0.15, 0.2) is 11.4 Å². The molecule has 0 saturated heterocycles. The van der Waals surface area contributed by atoms with Gasteiger partial charge in [-0.1, -0.05) is 34.0 Å². The Labute approximate surface area is 261 Å². The Kier molecular flexibility index (Phi) is 7.86. The number of hydrogen-bond acceptors (Lipinski definition) is 10. The number of benzene rings is 1. The number of alkyl halides is 1. The van der Waals surface area contributed by atoms with Crippen molar-refractivity contribution < 1.29 is 39.6 Å². The molecule has 0 radical (unpaired) electrons.